The second-order valence-electron chi connectivity index (χ2n) is 3.87. The third-order valence-electron chi connectivity index (χ3n) is 2.83. The molecule has 0 fully saturated rings. The first-order valence-corrected chi connectivity index (χ1v) is 6.29. The summed E-state index contributed by atoms with van der Waals surface area (Å²) < 4.78 is 1.89. The summed E-state index contributed by atoms with van der Waals surface area (Å²) in [5, 5.41) is 5.31. The zero-order valence-corrected chi connectivity index (χ0v) is 11.2. The molecular formula is C12H14BrN3. The van der Waals surface area contributed by atoms with E-state index in [0.29, 0.717) is 0 Å². The molecule has 3 nitrogen and oxygen atoms in total. The van der Waals surface area contributed by atoms with Crippen LogP contribution in [0.15, 0.2) is 18.3 Å². The van der Waals surface area contributed by atoms with Crippen LogP contribution in [0.3, 0.4) is 0 Å². The zero-order valence-electron chi connectivity index (χ0n) is 9.66. The Labute approximate surface area is 104 Å². The summed E-state index contributed by atoms with van der Waals surface area (Å²) in [6.07, 6.45) is 1.87. The van der Waals surface area contributed by atoms with Crippen LogP contribution in [-0.4, -0.2) is 14.8 Å². The number of aryl methyl sites for hydroxylation is 1. The molecule has 0 radical (unpaired) electrons. The summed E-state index contributed by atoms with van der Waals surface area (Å²) in [5.74, 6) is 0.874. The van der Waals surface area contributed by atoms with Crippen molar-refractivity contribution >= 4 is 15.9 Å². The molecule has 0 unspecified atom stereocenters. The maximum absolute atomic E-state index is 4.48. The Morgan fingerprint density at radius 3 is 2.44 bits per heavy atom. The van der Waals surface area contributed by atoms with E-state index < -0.39 is 0 Å². The molecule has 0 saturated heterocycles. The topological polar surface area (TPSA) is 30.7 Å². The number of aromatic nitrogens is 3. The fourth-order valence-electron chi connectivity index (χ4n) is 1.56. The van der Waals surface area contributed by atoms with Crippen molar-refractivity contribution in [2.45, 2.75) is 26.1 Å². The van der Waals surface area contributed by atoms with Crippen molar-refractivity contribution in [3.05, 3.63) is 40.8 Å². The molecule has 0 spiro atoms. The van der Waals surface area contributed by atoms with E-state index in [1.165, 1.54) is 11.1 Å². The van der Waals surface area contributed by atoms with Gasteiger partial charge in [-0.1, -0.05) is 22.0 Å². The van der Waals surface area contributed by atoms with E-state index in [2.05, 4.69) is 45.9 Å². The van der Waals surface area contributed by atoms with Crippen molar-refractivity contribution in [2.24, 2.45) is 0 Å². The third-order valence-corrected chi connectivity index (χ3v) is 3.48. The maximum atomic E-state index is 4.48. The summed E-state index contributed by atoms with van der Waals surface area (Å²) in [6, 6.07) is 4.05. The molecule has 0 aliphatic rings. The van der Waals surface area contributed by atoms with E-state index in [4.69, 9.17) is 0 Å². The van der Waals surface area contributed by atoms with Crippen LogP contribution < -0.4 is 0 Å². The lowest BCUT2D eigenvalue weighted by Crippen LogP contribution is -2.02. The number of nitrogens with zero attached hydrogens (tertiary/aromatic N) is 3. The van der Waals surface area contributed by atoms with Gasteiger partial charge in [-0.05, 0) is 38.0 Å². The number of pyridine rings is 1. The van der Waals surface area contributed by atoms with Crippen LogP contribution in [0.1, 0.15) is 22.5 Å². The zero-order chi connectivity index (χ0) is 11.7. The van der Waals surface area contributed by atoms with Gasteiger partial charge in [0.2, 0.25) is 0 Å². The van der Waals surface area contributed by atoms with Crippen molar-refractivity contribution in [3.63, 3.8) is 0 Å². The molecular weight excluding hydrogens is 266 g/mol. The Bertz CT molecular complexity index is 500. The Balaban J connectivity index is 2.46. The van der Waals surface area contributed by atoms with Crippen LogP contribution >= 0.6 is 15.9 Å². The van der Waals surface area contributed by atoms with Gasteiger partial charge >= 0.3 is 0 Å². The van der Waals surface area contributed by atoms with Crippen LogP contribution in [0.2, 0.25) is 0 Å². The lowest BCUT2D eigenvalue weighted by Gasteiger charge is -2.04. The van der Waals surface area contributed by atoms with Crippen LogP contribution in [0.4, 0.5) is 0 Å². The number of rotatable bonds is 2. The molecule has 16 heavy (non-hydrogen) atoms. The summed E-state index contributed by atoms with van der Waals surface area (Å²) in [6.45, 7) is 6.17. The quantitative estimate of drug-likeness (QED) is 0.791. The molecule has 2 rings (SSSR count). The summed E-state index contributed by atoms with van der Waals surface area (Å²) in [7, 11) is 0. The van der Waals surface area contributed by atoms with Crippen LogP contribution in [0.5, 0.6) is 0 Å². The van der Waals surface area contributed by atoms with Crippen molar-refractivity contribution in [3.8, 4) is 5.82 Å². The summed E-state index contributed by atoms with van der Waals surface area (Å²) >= 11 is 3.41. The number of hydrogen-bond acceptors (Lipinski definition) is 2. The van der Waals surface area contributed by atoms with Gasteiger partial charge < -0.3 is 0 Å². The van der Waals surface area contributed by atoms with E-state index >= 15 is 0 Å². The van der Waals surface area contributed by atoms with Crippen LogP contribution in [-0.2, 0) is 5.33 Å². The minimum Gasteiger partial charge on any atom is -0.237 e. The predicted octanol–water partition coefficient (Wildman–Crippen LogP) is 3.09. The van der Waals surface area contributed by atoms with E-state index in [-0.39, 0.29) is 0 Å². The van der Waals surface area contributed by atoms with Gasteiger partial charge in [0.15, 0.2) is 5.82 Å². The lowest BCUT2D eigenvalue weighted by atomic mass is 10.2. The molecule has 0 atom stereocenters. The van der Waals surface area contributed by atoms with Gasteiger partial charge in [0.25, 0.3) is 0 Å². The molecule has 0 amide bonds. The van der Waals surface area contributed by atoms with Gasteiger partial charge in [-0.15, -0.1) is 0 Å². The SMILES string of the molecule is Cc1nn(-c2ccc(CBr)cn2)c(C)c1C. The molecule has 0 N–H and O–H groups in total. The van der Waals surface area contributed by atoms with Crippen LogP contribution in [0.25, 0.3) is 5.82 Å². The Morgan fingerprint density at radius 1 is 1.25 bits per heavy atom. The molecule has 2 aromatic heterocycles. The molecule has 2 heterocycles. The van der Waals surface area contributed by atoms with Crippen molar-refractivity contribution < 1.29 is 0 Å². The highest BCUT2D eigenvalue weighted by molar-refractivity contribution is 9.08. The minimum atomic E-state index is 0.830. The first kappa shape index (κ1) is 11.3. The van der Waals surface area contributed by atoms with Gasteiger partial charge in [-0.25, -0.2) is 9.67 Å². The lowest BCUT2D eigenvalue weighted by molar-refractivity contribution is 0.804. The van der Waals surface area contributed by atoms with Gasteiger partial charge in [0.05, 0.1) is 5.69 Å². The van der Waals surface area contributed by atoms with Gasteiger partial charge in [0.1, 0.15) is 0 Å². The fraction of sp³-hybridized carbons (Fsp3) is 0.333. The molecule has 84 valence electrons. The smallest absolute Gasteiger partial charge is 0.153 e. The number of halogens is 1. The molecule has 0 aromatic carbocycles. The molecule has 0 aliphatic carbocycles. The molecule has 2 aromatic rings. The van der Waals surface area contributed by atoms with E-state index in [1.807, 2.05) is 23.9 Å². The van der Waals surface area contributed by atoms with Gasteiger partial charge in [-0.3, -0.25) is 0 Å². The second-order valence-corrected chi connectivity index (χ2v) is 4.43. The second kappa shape index (κ2) is 4.37. The first-order chi connectivity index (χ1) is 7.63. The van der Waals surface area contributed by atoms with E-state index in [9.17, 15) is 0 Å². The average molecular weight is 280 g/mol. The maximum Gasteiger partial charge on any atom is 0.153 e. The van der Waals surface area contributed by atoms with E-state index in [1.54, 1.807) is 0 Å². The third kappa shape index (κ3) is 1.89. The van der Waals surface area contributed by atoms with Gasteiger partial charge in [0, 0.05) is 17.2 Å². The highest BCUT2D eigenvalue weighted by Crippen LogP contribution is 2.15. The standard InChI is InChI=1S/C12H14BrN3/c1-8-9(2)15-16(10(8)3)12-5-4-11(6-13)7-14-12/h4-5,7H,6H2,1-3H3. The molecule has 4 heteroatoms. The highest BCUT2D eigenvalue weighted by atomic mass is 79.9. The largest absolute Gasteiger partial charge is 0.237 e. The average Bonchev–Trinajstić information content (AvgIpc) is 2.57. The molecule has 0 bridgehead atoms. The minimum absolute atomic E-state index is 0.830. The molecule has 0 saturated carbocycles. The fourth-order valence-corrected chi connectivity index (χ4v) is 1.90. The Hall–Kier alpha value is -1.16. The van der Waals surface area contributed by atoms with Gasteiger partial charge in [-0.2, -0.15) is 5.10 Å². The highest BCUT2D eigenvalue weighted by Gasteiger charge is 2.09. The van der Waals surface area contributed by atoms with Crippen molar-refractivity contribution in [2.75, 3.05) is 0 Å². The first-order valence-electron chi connectivity index (χ1n) is 5.17. The monoisotopic (exact) mass is 279 g/mol. The van der Waals surface area contributed by atoms with Crippen molar-refractivity contribution in [1.82, 2.24) is 14.8 Å². The number of hydrogen-bond donors (Lipinski definition) is 0. The number of alkyl halides is 1. The van der Waals surface area contributed by atoms with Crippen LogP contribution in [0, 0.1) is 20.8 Å². The van der Waals surface area contributed by atoms with E-state index in [0.717, 1.165) is 22.5 Å². The normalized spacial score (nSPS) is 10.8. The molecule has 0 aliphatic heterocycles. The summed E-state index contributed by atoms with van der Waals surface area (Å²) in [5.41, 5.74) is 4.61. The van der Waals surface area contributed by atoms with Crippen molar-refractivity contribution in [1.29, 1.82) is 0 Å². The Morgan fingerprint density at radius 2 is 2.00 bits per heavy atom. The summed E-state index contributed by atoms with van der Waals surface area (Å²) in [4.78, 5) is 4.41. The predicted molar refractivity (Wildman–Crippen MR) is 68.2 cm³/mol. The Kier molecular flexibility index (Phi) is 3.10.